The van der Waals surface area contributed by atoms with Gasteiger partial charge in [0.05, 0.1) is 5.75 Å². The van der Waals surface area contributed by atoms with Crippen molar-refractivity contribution in [2.24, 2.45) is 0 Å². The molecule has 0 radical (unpaired) electrons. The quantitative estimate of drug-likeness (QED) is 0.381. The number of hydrogen-bond donors (Lipinski definition) is 1. The molecular formula is C22H26ClN5O2S2. The number of amides is 1. The third kappa shape index (κ3) is 4.94. The highest BCUT2D eigenvalue weighted by Gasteiger charge is 2.21. The Kier molecular flexibility index (Phi) is 7.07. The zero-order valence-corrected chi connectivity index (χ0v) is 20.7. The number of fused-ring (bicyclic) bond motifs is 1. The van der Waals surface area contributed by atoms with E-state index in [4.69, 9.17) is 11.6 Å². The van der Waals surface area contributed by atoms with Gasteiger partial charge in [0, 0.05) is 29.8 Å². The van der Waals surface area contributed by atoms with Crippen LogP contribution in [-0.2, 0) is 4.79 Å². The minimum absolute atomic E-state index is 0.0820. The molecule has 1 aliphatic rings. The molecule has 10 heteroatoms. The average Bonchev–Trinajstić information content (AvgIpc) is 3.20. The predicted octanol–water partition coefficient (Wildman–Crippen LogP) is 5.12. The van der Waals surface area contributed by atoms with Crippen LogP contribution in [0.15, 0.2) is 28.2 Å². The van der Waals surface area contributed by atoms with Crippen LogP contribution in [0.3, 0.4) is 0 Å². The van der Waals surface area contributed by atoms with E-state index >= 15 is 0 Å². The molecule has 0 atom stereocenters. The number of carbonyl (C=O) groups excluding carboxylic acids is 1. The van der Waals surface area contributed by atoms with Gasteiger partial charge in [-0.3, -0.25) is 14.2 Å². The second-order valence-electron chi connectivity index (χ2n) is 8.16. The maximum Gasteiger partial charge on any atom is 0.274 e. The van der Waals surface area contributed by atoms with Crippen molar-refractivity contribution in [2.45, 2.75) is 51.2 Å². The Morgan fingerprint density at radius 1 is 1.25 bits per heavy atom. The Morgan fingerprint density at radius 2 is 2.00 bits per heavy atom. The molecule has 0 bridgehead atoms. The lowest BCUT2D eigenvalue weighted by Gasteiger charge is -2.25. The Morgan fingerprint density at radius 3 is 2.69 bits per heavy atom. The Hall–Kier alpha value is -2.10. The van der Waals surface area contributed by atoms with E-state index in [1.165, 1.54) is 29.5 Å². The molecule has 1 amide bonds. The van der Waals surface area contributed by atoms with E-state index in [0.717, 1.165) is 36.6 Å². The lowest BCUT2D eigenvalue weighted by atomic mass is 10.1. The summed E-state index contributed by atoms with van der Waals surface area (Å²) in [7, 11) is 0. The van der Waals surface area contributed by atoms with Crippen LogP contribution in [0.2, 0.25) is 5.02 Å². The van der Waals surface area contributed by atoms with Gasteiger partial charge in [-0.2, -0.15) is 4.98 Å². The second-order valence-corrected chi connectivity index (χ2v) is 10.5. The number of aryl methyl sites for hydroxylation is 1. The summed E-state index contributed by atoms with van der Waals surface area (Å²) in [6, 6.07) is 5.32. The smallest absolute Gasteiger partial charge is 0.274 e. The highest BCUT2D eigenvalue weighted by Crippen LogP contribution is 2.30. The average molecular weight is 492 g/mol. The predicted molar refractivity (Wildman–Crippen MR) is 134 cm³/mol. The molecule has 0 aliphatic carbocycles. The van der Waals surface area contributed by atoms with Crippen molar-refractivity contribution >= 4 is 61.8 Å². The molecule has 1 saturated heterocycles. The fraction of sp³-hybridized carbons (Fsp3) is 0.455. The molecule has 1 aliphatic heterocycles. The molecule has 1 N–H and O–H groups in total. The van der Waals surface area contributed by atoms with Gasteiger partial charge < -0.3 is 10.2 Å². The molecule has 170 valence electrons. The van der Waals surface area contributed by atoms with Gasteiger partial charge in [-0.05, 0) is 57.7 Å². The van der Waals surface area contributed by atoms with E-state index in [1.807, 2.05) is 32.9 Å². The van der Waals surface area contributed by atoms with Crippen molar-refractivity contribution in [3.63, 3.8) is 0 Å². The minimum Gasteiger partial charge on any atom is -0.348 e. The monoisotopic (exact) mass is 491 g/mol. The van der Waals surface area contributed by atoms with Crippen LogP contribution >= 0.6 is 34.7 Å². The standard InChI is InChI=1S/C22H26ClN5O2S2/c1-13(2)28-20(30)18-19(25-21(32-18)27-9-5-4-6-10-27)26-22(28)31-12-17(29)24-15-8-7-14(3)16(23)11-15/h7-8,11,13H,4-6,9-10,12H2,1-3H3,(H,24,29). The first-order chi connectivity index (χ1) is 15.3. The number of anilines is 2. The molecule has 2 aromatic heterocycles. The number of rotatable bonds is 6. The number of benzene rings is 1. The zero-order valence-electron chi connectivity index (χ0n) is 18.4. The number of thioether (sulfide) groups is 1. The third-order valence-electron chi connectivity index (χ3n) is 5.35. The summed E-state index contributed by atoms with van der Waals surface area (Å²) in [4.78, 5) is 37.3. The first kappa shape index (κ1) is 23.1. The van der Waals surface area contributed by atoms with Crippen molar-refractivity contribution in [3.8, 4) is 0 Å². The van der Waals surface area contributed by atoms with Crippen LogP contribution < -0.4 is 15.8 Å². The molecule has 0 unspecified atom stereocenters. The molecule has 1 fully saturated rings. The van der Waals surface area contributed by atoms with Crippen LogP contribution in [0, 0.1) is 6.92 Å². The molecule has 3 heterocycles. The van der Waals surface area contributed by atoms with Gasteiger partial charge in [0.1, 0.15) is 4.70 Å². The Bertz CT molecular complexity index is 1200. The molecule has 0 spiro atoms. The maximum atomic E-state index is 13.2. The number of halogens is 1. The van der Waals surface area contributed by atoms with E-state index in [2.05, 4.69) is 20.2 Å². The first-order valence-corrected chi connectivity index (χ1v) is 12.9. The summed E-state index contributed by atoms with van der Waals surface area (Å²) < 4.78 is 2.23. The van der Waals surface area contributed by atoms with Gasteiger partial charge in [-0.15, -0.1) is 0 Å². The molecule has 3 aromatic rings. The molecular weight excluding hydrogens is 466 g/mol. The van der Waals surface area contributed by atoms with Gasteiger partial charge in [0.2, 0.25) is 5.91 Å². The molecule has 32 heavy (non-hydrogen) atoms. The first-order valence-electron chi connectivity index (χ1n) is 10.7. The topological polar surface area (TPSA) is 80.1 Å². The van der Waals surface area contributed by atoms with E-state index in [9.17, 15) is 9.59 Å². The van der Waals surface area contributed by atoms with E-state index in [-0.39, 0.29) is 23.3 Å². The summed E-state index contributed by atoms with van der Waals surface area (Å²) in [5.41, 5.74) is 1.95. The van der Waals surface area contributed by atoms with Gasteiger partial charge in [-0.25, -0.2) is 4.98 Å². The lowest BCUT2D eigenvalue weighted by molar-refractivity contribution is -0.113. The van der Waals surface area contributed by atoms with Crippen molar-refractivity contribution in [2.75, 3.05) is 29.1 Å². The van der Waals surface area contributed by atoms with Gasteiger partial charge in [0.25, 0.3) is 5.56 Å². The number of thiazole rings is 1. The summed E-state index contributed by atoms with van der Waals surface area (Å²) in [6.45, 7) is 7.72. The highest BCUT2D eigenvalue weighted by molar-refractivity contribution is 7.99. The minimum atomic E-state index is -0.188. The highest BCUT2D eigenvalue weighted by atomic mass is 35.5. The van der Waals surface area contributed by atoms with Crippen molar-refractivity contribution in [3.05, 3.63) is 39.1 Å². The van der Waals surface area contributed by atoms with Gasteiger partial charge >= 0.3 is 0 Å². The van der Waals surface area contributed by atoms with Crippen LogP contribution in [0.1, 0.15) is 44.7 Å². The van der Waals surface area contributed by atoms with E-state index in [1.54, 1.807) is 10.6 Å². The van der Waals surface area contributed by atoms with Crippen LogP contribution in [0.5, 0.6) is 0 Å². The van der Waals surface area contributed by atoms with Crippen molar-refractivity contribution < 1.29 is 4.79 Å². The molecule has 7 nitrogen and oxygen atoms in total. The number of aromatic nitrogens is 3. The maximum absolute atomic E-state index is 13.2. The summed E-state index contributed by atoms with van der Waals surface area (Å²) in [6.07, 6.45) is 3.52. The van der Waals surface area contributed by atoms with Gasteiger partial charge in [0.15, 0.2) is 15.9 Å². The number of nitrogens with zero attached hydrogens (tertiary/aromatic N) is 4. The fourth-order valence-corrected chi connectivity index (χ4v) is 5.72. The normalized spacial score (nSPS) is 14.3. The molecule has 0 saturated carbocycles. The lowest BCUT2D eigenvalue weighted by Crippen LogP contribution is -2.29. The van der Waals surface area contributed by atoms with E-state index in [0.29, 0.717) is 26.2 Å². The number of hydrogen-bond acceptors (Lipinski definition) is 7. The SMILES string of the molecule is Cc1ccc(NC(=O)CSc2nc3nc(N4CCCCC4)sc3c(=O)n2C(C)C)cc1Cl. The van der Waals surface area contributed by atoms with Crippen LogP contribution in [-0.4, -0.2) is 39.3 Å². The Balaban J connectivity index is 1.56. The summed E-state index contributed by atoms with van der Waals surface area (Å²) >= 11 is 8.80. The Labute approximate surface area is 200 Å². The van der Waals surface area contributed by atoms with Gasteiger partial charge in [-0.1, -0.05) is 40.8 Å². The number of piperidine rings is 1. The van der Waals surface area contributed by atoms with Crippen LogP contribution in [0.4, 0.5) is 10.8 Å². The molecule has 1 aromatic carbocycles. The van der Waals surface area contributed by atoms with E-state index < -0.39 is 0 Å². The summed E-state index contributed by atoms with van der Waals surface area (Å²) in [5.74, 6) is -0.0638. The largest absolute Gasteiger partial charge is 0.348 e. The third-order valence-corrected chi connectivity index (χ3v) is 7.80. The number of carbonyl (C=O) groups is 1. The zero-order chi connectivity index (χ0) is 22.8. The fourth-order valence-electron chi connectivity index (χ4n) is 3.63. The summed E-state index contributed by atoms with van der Waals surface area (Å²) in [5, 5.41) is 4.81. The van der Waals surface area contributed by atoms with Crippen molar-refractivity contribution in [1.29, 1.82) is 0 Å². The van der Waals surface area contributed by atoms with Crippen LogP contribution in [0.25, 0.3) is 10.3 Å². The van der Waals surface area contributed by atoms with Crippen molar-refractivity contribution in [1.82, 2.24) is 14.5 Å². The number of nitrogens with one attached hydrogen (secondary N) is 1. The second kappa shape index (κ2) is 9.80. The molecule has 4 rings (SSSR count).